The number of nitrogens with one attached hydrogen (secondary N) is 1. The normalized spacial score (nSPS) is 38.8. The lowest BCUT2D eigenvalue weighted by atomic mass is 9.90. The SMILES string of the molecule is CC1C(=O)NCCN1C1CCC(O)CC1. The van der Waals surface area contributed by atoms with Crippen molar-refractivity contribution in [2.24, 2.45) is 0 Å². The summed E-state index contributed by atoms with van der Waals surface area (Å²) in [5.41, 5.74) is 0. The first-order chi connectivity index (χ1) is 7.18. The Morgan fingerprint density at radius 2 is 2.00 bits per heavy atom. The van der Waals surface area contributed by atoms with E-state index in [-0.39, 0.29) is 18.1 Å². The maximum atomic E-state index is 11.5. The fraction of sp³-hybridized carbons (Fsp3) is 0.909. The molecule has 0 bridgehead atoms. The van der Waals surface area contributed by atoms with Crippen molar-refractivity contribution in [3.63, 3.8) is 0 Å². The van der Waals surface area contributed by atoms with Gasteiger partial charge < -0.3 is 10.4 Å². The van der Waals surface area contributed by atoms with Crippen molar-refractivity contribution >= 4 is 5.91 Å². The Labute approximate surface area is 90.6 Å². The molecule has 4 nitrogen and oxygen atoms in total. The molecule has 1 amide bonds. The highest BCUT2D eigenvalue weighted by Crippen LogP contribution is 2.25. The molecule has 15 heavy (non-hydrogen) atoms. The molecule has 1 saturated heterocycles. The van der Waals surface area contributed by atoms with E-state index in [1.807, 2.05) is 6.92 Å². The molecule has 2 fully saturated rings. The lowest BCUT2D eigenvalue weighted by Gasteiger charge is -2.41. The van der Waals surface area contributed by atoms with Gasteiger partial charge in [0.1, 0.15) is 0 Å². The van der Waals surface area contributed by atoms with Gasteiger partial charge in [-0.05, 0) is 32.6 Å². The third-order valence-corrected chi connectivity index (χ3v) is 3.68. The van der Waals surface area contributed by atoms with Gasteiger partial charge in [-0.3, -0.25) is 9.69 Å². The van der Waals surface area contributed by atoms with E-state index in [9.17, 15) is 9.90 Å². The maximum Gasteiger partial charge on any atom is 0.237 e. The number of carbonyl (C=O) groups excluding carboxylic acids is 1. The third-order valence-electron chi connectivity index (χ3n) is 3.68. The minimum absolute atomic E-state index is 0.000933. The largest absolute Gasteiger partial charge is 0.393 e. The first-order valence-corrected chi connectivity index (χ1v) is 5.90. The first-order valence-electron chi connectivity index (χ1n) is 5.90. The molecule has 86 valence electrons. The number of piperazine rings is 1. The first kappa shape index (κ1) is 10.9. The molecule has 0 aromatic rings. The predicted molar refractivity (Wildman–Crippen MR) is 57.4 cm³/mol. The molecule has 0 aromatic carbocycles. The summed E-state index contributed by atoms with van der Waals surface area (Å²) in [6, 6.07) is 0.494. The van der Waals surface area contributed by atoms with Gasteiger partial charge >= 0.3 is 0 Å². The van der Waals surface area contributed by atoms with Crippen molar-refractivity contribution in [2.45, 2.75) is 50.8 Å². The number of carbonyl (C=O) groups is 1. The van der Waals surface area contributed by atoms with Gasteiger partial charge in [0.15, 0.2) is 0 Å². The van der Waals surface area contributed by atoms with Gasteiger partial charge in [0, 0.05) is 19.1 Å². The fourth-order valence-corrected chi connectivity index (χ4v) is 2.69. The number of aliphatic hydroxyl groups excluding tert-OH is 1. The molecule has 2 N–H and O–H groups in total. The van der Waals surface area contributed by atoms with Gasteiger partial charge in [0.05, 0.1) is 12.1 Å². The van der Waals surface area contributed by atoms with Crippen LogP contribution in [0.25, 0.3) is 0 Å². The van der Waals surface area contributed by atoms with E-state index in [4.69, 9.17) is 0 Å². The van der Waals surface area contributed by atoms with Gasteiger partial charge in [-0.2, -0.15) is 0 Å². The van der Waals surface area contributed by atoms with Crippen LogP contribution in [0.4, 0.5) is 0 Å². The third kappa shape index (κ3) is 2.32. The summed E-state index contributed by atoms with van der Waals surface area (Å²) in [5.74, 6) is 0.146. The molecule has 0 aromatic heterocycles. The highest BCUT2D eigenvalue weighted by Gasteiger charge is 2.32. The lowest BCUT2D eigenvalue weighted by Crippen LogP contribution is -2.57. The highest BCUT2D eigenvalue weighted by molar-refractivity contribution is 5.82. The zero-order valence-corrected chi connectivity index (χ0v) is 9.28. The number of amides is 1. The summed E-state index contributed by atoms with van der Waals surface area (Å²) in [7, 11) is 0. The van der Waals surface area contributed by atoms with Gasteiger partial charge in [-0.1, -0.05) is 0 Å². The smallest absolute Gasteiger partial charge is 0.237 e. The molecule has 4 heteroatoms. The molecule has 2 aliphatic rings. The second kappa shape index (κ2) is 4.49. The zero-order chi connectivity index (χ0) is 10.8. The van der Waals surface area contributed by atoms with Crippen LogP contribution < -0.4 is 5.32 Å². The van der Waals surface area contributed by atoms with Crippen molar-refractivity contribution in [2.75, 3.05) is 13.1 Å². The minimum atomic E-state index is -0.116. The van der Waals surface area contributed by atoms with Crippen LogP contribution in [-0.2, 0) is 4.79 Å². The predicted octanol–water partition coefficient (Wildman–Crippen LogP) is 0.110. The van der Waals surface area contributed by atoms with Gasteiger partial charge in [-0.15, -0.1) is 0 Å². The molecule has 2 rings (SSSR count). The van der Waals surface area contributed by atoms with Crippen molar-refractivity contribution in [3.8, 4) is 0 Å². The number of aliphatic hydroxyl groups is 1. The van der Waals surface area contributed by atoms with E-state index in [0.717, 1.165) is 38.8 Å². The molecular weight excluding hydrogens is 192 g/mol. The Morgan fingerprint density at radius 3 is 2.67 bits per heavy atom. The topological polar surface area (TPSA) is 52.6 Å². The molecule has 1 atom stereocenters. The van der Waals surface area contributed by atoms with Gasteiger partial charge in [0.25, 0.3) is 0 Å². The van der Waals surface area contributed by atoms with Crippen LogP contribution >= 0.6 is 0 Å². The monoisotopic (exact) mass is 212 g/mol. The van der Waals surface area contributed by atoms with Crippen molar-refractivity contribution < 1.29 is 9.90 Å². The van der Waals surface area contributed by atoms with Crippen molar-refractivity contribution in [1.29, 1.82) is 0 Å². The Hall–Kier alpha value is -0.610. The zero-order valence-electron chi connectivity index (χ0n) is 9.28. The van der Waals surface area contributed by atoms with Crippen LogP contribution in [-0.4, -0.2) is 47.2 Å². The standard InChI is InChI=1S/C11H20N2O2/c1-8-11(15)12-6-7-13(8)9-2-4-10(14)5-3-9/h8-10,14H,2-7H2,1H3,(H,12,15). The summed E-state index contributed by atoms with van der Waals surface area (Å²) >= 11 is 0. The van der Waals surface area contributed by atoms with E-state index in [1.54, 1.807) is 0 Å². The average molecular weight is 212 g/mol. The second-order valence-electron chi connectivity index (χ2n) is 4.67. The molecule has 1 aliphatic heterocycles. The molecule has 0 radical (unpaired) electrons. The molecule has 1 heterocycles. The minimum Gasteiger partial charge on any atom is -0.393 e. The van der Waals surface area contributed by atoms with Crippen LogP contribution in [0.1, 0.15) is 32.6 Å². The summed E-state index contributed by atoms with van der Waals surface area (Å²) in [4.78, 5) is 13.8. The van der Waals surface area contributed by atoms with E-state index in [2.05, 4.69) is 10.2 Å². The summed E-state index contributed by atoms with van der Waals surface area (Å²) in [6.45, 7) is 3.69. The van der Waals surface area contributed by atoms with Crippen LogP contribution in [0.15, 0.2) is 0 Å². The Balaban J connectivity index is 1.94. The Kier molecular flexibility index (Phi) is 3.26. The van der Waals surface area contributed by atoms with Crippen LogP contribution in [0.2, 0.25) is 0 Å². The van der Waals surface area contributed by atoms with Crippen LogP contribution in [0, 0.1) is 0 Å². The van der Waals surface area contributed by atoms with Crippen LogP contribution in [0.3, 0.4) is 0 Å². The van der Waals surface area contributed by atoms with Gasteiger partial charge in [0.2, 0.25) is 5.91 Å². The Morgan fingerprint density at radius 1 is 1.33 bits per heavy atom. The quantitative estimate of drug-likeness (QED) is 0.648. The Bertz CT molecular complexity index is 237. The summed E-state index contributed by atoms with van der Waals surface area (Å²) in [5, 5.41) is 12.3. The van der Waals surface area contributed by atoms with E-state index >= 15 is 0 Å². The number of hydrogen-bond acceptors (Lipinski definition) is 3. The molecular formula is C11H20N2O2. The number of hydrogen-bond donors (Lipinski definition) is 2. The van der Waals surface area contributed by atoms with Gasteiger partial charge in [-0.25, -0.2) is 0 Å². The molecule has 1 saturated carbocycles. The average Bonchev–Trinajstić information content (AvgIpc) is 2.24. The van der Waals surface area contributed by atoms with E-state index < -0.39 is 0 Å². The van der Waals surface area contributed by atoms with Crippen molar-refractivity contribution in [3.05, 3.63) is 0 Å². The number of rotatable bonds is 1. The lowest BCUT2D eigenvalue weighted by molar-refractivity contribution is -0.130. The maximum absolute atomic E-state index is 11.5. The molecule has 0 spiro atoms. The molecule has 1 aliphatic carbocycles. The fourth-order valence-electron chi connectivity index (χ4n) is 2.69. The summed E-state index contributed by atoms with van der Waals surface area (Å²) in [6.07, 6.45) is 3.71. The second-order valence-corrected chi connectivity index (χ2v) is 4.67. The summed E-state index contributed by atoms with van der Waals surface area (Å²) < 4.78 is 0. The number of nitrogens with zero attached hydrogens (tertiary/aromatic N) is 1. The van der Waals surface area contributed by atoms with Crippen molar-refractivity contribution in [1.82, 2.24) is 10.2 Å². The van der Waals surface area contributed by atoms with E-state index in [0.29, 0.717) is 6.04 Å². The molecule has 1 unspecified atom stereocenters. The van der Waals surface area contributed by atoms with E-state index in [1.165, 1.54) is 0 Å². The van der Waals surface area contributed by atoms with Crippen LogP contribution in [0.5, 0.6) is 0 Å². The highest BCUT2D eigenvalue weighted by atomic mass is 16.3.